The predicted octanol–water partition coefficient (Wildman–Crippen LogP) is 4.37. The minimum absolute atomic E-state index is 1.02. The van der Waals surface area contributed by atoms with E-state index in [2.05, 4.69) is 42.5 Å². The Kier molecular flexibility index (Phi) is 6.74. The second-order valence-electron chi connectivity index (χ2n) is 3.47. The molecule has 0 amide bonds. The summed E-state index contributed by atoms with van der Waals surface area (Å²) in [4.78, 5) is 0. The van der Waals surface area contributed by atoms with Gasteiger partial charge in [0.1, 0.15) is 0 Å². The Hall–Kier alpha value is -1.04. The Labute approximate surface area is 87.7 Å². The largest absolute Gasteiger partial charge is 0.0882 e. The monoisotopic (exact) mass is 187 g/mol. The van der Waals surface area contributed by atoms with Crippen molar-refractivity contribution < 1.29 is 0 Å². The minimum atomic E-state index is 1.02. The van der Waals surface area contributed by atoms with Crippen LogP contribution in [-0.4, -0.2) is 0 Å². The van der Waals surface area contributed by atoms with Gasteiger partial charge in [-0.1, -0.05) is 42.5 Å². The van der Waals surface area contributed by atoms with Gasteiger partial charge in [-0.3, -0.25) is 0 Å². The summed E-state index contributed by atoms with van der Waals surface area (Å²) in [6.07, 6.45) is 25.5. The first-order chi connectivity index (χ1) is 7.00. The Morgan fingerprint density at radius 2 is 1.43 bits per heavy atom. The Morgan fingerprint density at radius 3 is 2.36 bits per heavy atom. The average molecular weight is 187 g/mol. The van der Waals surface area contributed by atoms with Gasteiger partial charge in [0, 0.05) is 0 Å². The van der Waals surface area contributed by atoms with E-state index in [-0.39, 0.29) is 0 Å². The van der Waals surface area contributed by atoms with Crippen LogP contribution < -0.4 is 0 Å². The molecule has 0 atom stereocenters. The van der Waals surface area contributed by atoms with Crippen molar-refractivity contribution in [2.75, 3.05) is 0 Å². The minimum Gasteiger partial charge on any atom is -0.0882 e. The van der Waals surface area contributed by atoms with Gasteiger partial charge in [-0.15, -0.1) is 0 Å². The number of allylic oxidation sites excluding steroid dienone is 8. The molecule has 0 N–H and O–H groups in total. The molecule has 0 spiro atoms. The van der Waals surface area contributed by atoms with Crippen molar-refractivity contribution in [1.29, 1.82) is 0 Å². The highest BCUT2D eigenvalue weighted by Crippen LogP contribution is 2.03. The van der Waals surface area contributed by atoms with Crippen LogP contribution in [0.3, 0.4) is 0 Å². The molecule has 0 saturated heterocycles. The Balaban J connectivity index is 2.35. The lowest BCUT2D eigenvalue weighted by atomic mass is 10.1. The van der Waals surface area contributed by atoms with Crippen LogP contribution in [0.25, 0.3) is 0 Å². The van der Waals surface area contributed by atoms with E-state index >= 15 is 0 Å². The standard InChI is InChI=1S/C14H19/c1-2-4-6-8-10-12-14-13-11-9-7-5-3-1/h1-2,5-8,12H,3-4,9,11,13-14H2. The lowest BCUT2D eigenvalue weighted by molar-refractivity contribution is 0.760. The van der Waals surface area contributed by atoms with Crippen molar-refractivity contribution in [2.24, 2.45) is 0 Å². The van der Waals surface area contributed by atoms with Crippen molar-refractivity contribution in [3.05, 3.63) is 48.6 Å². The molecule has 0 aliphatic heterocycles. The van der Waals surface area contributed by atoms with Crippen molar-refractivity contribution in [3.8, 4) is 0 Å². The van der Waals surface area contributed by atoms with Crippen LogP contribution in [0, 0.1) is 6.08 Å². The molecule has 0 aromatic rings. The Morgan fingerprint density at radius 1 is 0.714 bits per heavy atom. The fourth-order valence-corrected chi connectivity index (χ4v) is 1.36. The number of hydrogen-bond acceptors (Lipinski definition) is 0. The molecule has 14 heavy (non-hydrogen) atoms. The van der Waals surface area contributed by atoms with Crippen LogP contribution in [0.2, 0.25) is 0 Å². The molecule has 0 unspecified atom stereocenters. The molecule has 0 heterocycles. The highest BCUT2D eigenvalue weighted by atomic mass is 13.9. The van der Waals surface area contributed by atoms with Crippen LogP contribution in [0.4, 0.5) is 0 Å². The fourth-order valence-electron chi connectivity index (χ4n) is 1.36. The van der Waals surface area contributed by atoms with Gasteiger partial charge in [-0.25, -0.2) is 0 Å². The number of hydrogen-bond donors (Lipinski definition) is 0. The third-order valence-electron chi connectivity index (χ3n) is 2.18. The number of rotatable bonds is 0. The van der Waals surface area contributed by atoms with E-state index in [1.165, 1.54) is 19.3 Å². The molecule has 1 aliphatic carbocycles. The topological polar surface area (TPSA) is 0 Å². The fraction of sp³-hybridized carbons (Fsp3) is 0.429. The average Bonchev–Trinajstić information content (AvgIpc) is 2.22. The summed E-state index contributed by atoms with van der Waals surface area (Å²) in [6, 6.07) is 0. The smallest absolute Gasteiger partial charge is 0.0166 e. The maximum Gasteiger partial charge on any atom is -0.0166 e. The quantitative estimate of drug-likeness (QED) is 0.494. The second kappa shape index (κ2) is 8.55. The van der Waals surface area contributed by atoms with Gasteiger partial charge in [0.2, 0.25) is 0 Å². The molecule has 1 rings (SSSR count). The molecule has 1 radical (unpaired) electrons. The zero-order valence-corrected chi connectivity index (χ0v) is 8.78. The summed E-state index contributed by atoms with van der Waals surface area (Å²) in [5.74, 6) is 0. The van der Waals surface area contributed by atoms with E-state index < -0.39 is 0 Å². The van der Waals surface area contributed by atoms with Crippen LogP contribution in [-0.2, 0) is 0 Å². The first-order valence-electron chi connectivity index (χ1n) is 5.53. The van der Waals surface area contributed by atoms with E-state index in [0.717, 1.165) is 19.3 Å². The molecule has 0 fully saturated rings. The summed E-state index contributed by atoms with van der Waals surface area (Å²) < 4.78 is 0. The van der Waals surface area contributed by atoms with Crippen molar-refractivity contribution in [1.82, 2.24) is 0 Å². The maximum atomic E-state index is 3.18. The first-order valence-corrected chi connectivity index (χ1v) is 5.53. The molecular formula is C14H19. The second-order valence-corrected chi connectivity index (χ2v) is 3.47. The predicted molar refractivity (Wildman–Crippen MR) is 62.9 cm³/mol. The maximum absolute atomic E-state index is 3.18. The van der Waals surface area contributed by atoms with Gasteiger partial charge in [0.05, 0.1) is 0 Å². The normalized spacial score (nSPS) is 19.4. The molecule has 75 valence electrons. The summed E-state index contributed by atoms with van der Waals surface area (Å²) in [7, 11) is 0. The molecule has 0 heteroatoms. The molecule has 0 saturated carbocycles. The third kappa shape index (κ3) is 6.47. The lowest BCUT2D eigenvalue weighted by Crippen LogP contribution is -1.73. The molecule has 1 aliphatic rings. The summed E-state index contributed by atoms with van der Waals surface area (Å²) in [5.41, 5.74) is 0. The molecular weight excluding hydrogens is 168 g/mol. The van der Waals surface area contributed by atoms with Crippen molar-refractivity contribution >= 4 is 0 Å². The third-order valence-corrected chi connectivity index (χ3v) is 2.18. The SMILES string of the molecule is [C]1=CCCCCC=CCC=CCC=C1. The molecule has 0 aromatic carbocycles. The molecule has 0 aromatic heterocycles. The zero-order valence-electron chi connectivity index (χ0n) is 8.78. The van der Waals surface area contributed by atoms with E-state index in [4.69, 9.17) is 0 Å². The molecule has 0 bridgehead atoms. The van der Waals surface area contributed by atoms with Gasteiger partial charge in [0.15, 0.2) is 0 Å². The van der Waals surface area contributed by atoms with Crippen LogP contribution in [0.1, 0.15) is 38.5 Å². The highest BCUT2D eigenvalue weighted by molar-refractivity contribution is 5.01. The van der Waals surface area contributed by atoms with E-state index in [1.54, 1.807) is 0 Å². The Bertz CT molecular complexity index is 228. The summed E-state index contributed by atoms with van der Waals surface area (Å²) in [6.45, 7) is 0. The van der Waals surface area contributed by atoms with Crippen molar-refractivity contribution in [3.63, 3.8) is 0 Å². The van der Waals surface area contributed by atoms with Crippen LogP contribution >= 0.6 is 0 Å². The van der Waals surface area contributed by atoms with E-state index in [1.807, 2.05) is 6.08 Å². The van der Waals surface area contributed by atoms with Gasteiger partial charge >= 0.3 is 0 Å². The van der Waals surface area contributed by atoms with Gasteiger partial charge < -0.3 is 0 Å². The zero-order chi connectivity index (χ0) is 9.90. The highest BCUT2D eigenvalue weighted by Gasteiger charge is 1.83. The van der Waals surface area contributed by atoms with Gasteiger partial charge in [0.25, 0.3) is 0 Å². The first kappa shape index (κ1) is 11.0. The van der Waals surface area contributed by atoms with E-state index in [0.29, 0.717) is 0 Å². The van der Waals surface area contributed by atoms with Crippen molar-refractivity contribution in [2.45, 2.75) is 38.5 Å². The summed E-state index contributed by atoms with van der Waals surface area (Å²) in [5, 5.41) is 0. The lowest BCUT2D eigenvalue weighted by Gasteiger charge is -1.92. The van der Waals surface area contributed by atoms with Crippen LogP contribution in [0.5, 0.6) is 0 Å². The van der Waals surface area contributed by atoms with E-state index in [9.17, 15) is 0 Å². The van der Waals surface area contributed by atoms with Crippen LogP contribution in [0.15, 0.2) is 42.5 Å². The summed E-state index contributed by atoms with van der Waals surface area (Å²) >= 11 is 0. The van der Waals surface area contributed by atoms with Gasteiger partial charge in [-0.05, 0) is 44.6 Å². The van der Waals surface area contributed by atoms with Gasteiger partial charge in [-0.2, -0.15) is 0 Å². The molecule has 0 nitrogen and oxygen atoms in total.